The highest BCUT2D eigenvalue weighted by molar-refractivity contribution is 7.99. The van der Waals surface area contributed by atoms with Gasteiger partial charge < -0.3 is 10.6 Å². The number of anilines is 1. The molecule has 1 heterocycles. The Morgan fingerprint density at radius 3 is 2.83 bits per heavy atom. The summed E-state index contributed by atoms with van der Waals surface area (Å²) in [5, 5.41) is 6.45. The van der Waals surface area contributed by atoms with Crippen LogP contribution in [0.5, 0.6) is 0 Å². The first kappa shape index (κ1) is 14.8. The second-order valence-electron chi connectivity index (χ2n) is 4.22. The quantitative estimate of drug-likeness (QED) is 0.830. The maximum Gasteiger partial charge on any atom is 0.251 e. The molecule has 18 heavy (non-hydrogen) atoms. The highest BCUT2D eigenvalue weighted by Gasteiger charge is 2.08. The van der Waals surface area contributed by atoms with Crippen LogP contribution in [-0.4, -0.2) is 36.0 Å². The van der Waals surface area contributed by atoms with E-state index in [1.165, 1.54) is 0 Å². The Bertz CT molecular complexity index is 409. The lowest BCUT2D eigenvalue weighted by Crippen LogP contribution is -2.26. The predicted octanol–water partition coefficient (Wildman–Crippen LogP) is 2.30. The Morgan fingerprint density at radius 2 is 2.22 bits per heavy atom. The zero-order chi connectivity index (χ0) is 13.5. The van der Waals surface area contributed by atoms with Gasteiger partial charge in [0.1, 0.15) is 5.82 Å². The summed E-state index contributed by atoms with van der Waals surface area (Å²) in [5.74, 6) is 0.683. The highest BCUT2D eigenvalue weighted by atomic mass is 32.2. The molecule has 1 aromatic rings. The monoisotopic (exact) mass is 267 g/mol. The van der Waals surface area contributed by atoms with E-state index < -0.39 is 0 Å². The molecule has 1 atom stereocenters. The van der Waals surface area contributed by atoms with Crippen LogP contribution in [0, 0.1) is 6.92 Å². The number of carbonyl (C=O) groups excluding carboxylic acids is 1. The minimum absolute atomic E-state index is 0.0368. The van der Waals surface area contributed by atoms with Gasteiger partial charge in [-0.2, -0.15) is 11.8 Å². The topological polar surface area (TPSA) is 54.0 Å². The van der Waals surface area contributed by atoms with Gasteiger partial charge in [0.15, 0.2) is 0 Å². The standard InChI is InChI=1S/C13H21N3OS/c1-9-7-11(8-12(14-3)16-9)13(17)15-6-5-10(2)18-4/h7-8,10H,5-6H2,1-4H3,(H,14,16)(H,15,17). The number of thioether (sulfide) groups is 1. The molecular formula is C13H21N3OS. The van der Waals surface area contributed by atoms with Gasteiger partial charge in [-0.3, -0.25) is 4.79 Å². The van der Waals surface area contributed by atoms with Crippen LogP contribution >= 0.6 is 11.8 Å². The molecule has 0 aliphatic carbocycles. The lowest BCUT2D eigenvalue weighted by molar-refractivity contribution is 0.0953. The highest BCUT2D eigenvalue weighted by Crippen LogP contribution is 2.10. The smallest absolute Gasteiger partial charge is 0.251 e. The summed E-state index contributed by atoms with van der Waals surface area (Å²) in [7, 11) is 1.80. The van der Waals surface area contributed by atoms with E-state index in [4.69, 9.17) is 0 Å². The lowest BCUT2D eigenvalue weighted by Gasteiger charge is -2.10. The van der Waals surface area contributed by atoms with Gasteiger partial charge in [-0.1, -0.05) is 6.92 Å². The van der Waals surface area contributed by atoms with E-state index in [1.54, 1.807) is 19.2 Å². The van der Waals surface area contributed by atoms with E-state index in [0.29, 0.717) is 17.4 Å². The first-order chi connectivity index (χ1) is 8.56. The van der Waals surface area contributed by atoms with Crippen LogP contribution in [0.15, 0.2) is 12.1 Å². The Labute approximate surface area is 113 Å². The number of carbonyl (C=O) groups is 1. The van der Waals surface area contributed by atoms with Crippen LogP contribution in [-0.2, 0) is 0 Å². The summed E-state index contributed by atoms with van der Waals surface area (Å²) in [6.45, 7) is 4.75. The van der Waals surface area contributed by atoms with Crippen LogP contribution in [0.3, 0.4) is 0 Å². The third-order valence-corrected chi connectivity index (χ3v) is 3.75. The Kier molecular flexibility index (Phi) is 5.98. The molecule has 2 N–H and O–H groups in total. The summed E-state index contributed by atoms with van der Waals surface area (Å²) >= 11 is 1.81. The third kappa shape index (κ3) is 4.56. The molecule has 0 radical (unpaired) electrons. The van der Waals surface area contributed by atoms with Gasteiger partial charge in [-0.15, -0.1) is 0 Å². The molecule has 0 aliphatic rings. The summed E-state index contributed by atoms with van der Waals surface area (Å²) in [5.41, 5.74) is 1.49. The number of nitrogens with zero attached hydrogens (tertiary/aromatic N) is 1. The number of amides is 1. The Balaban J connectivity index is 2.58. The van der Waals surface area contributed by atoms with Crippen molar-refractivity contribution in [3.63, 3.8) is 0 Å². The fourth-order valence-corrected chi connectivity index (χ4v) is 1.89. The summed E-state index contributed by atoms with van der Waals surface area (Å²) in [4.78, 5) is 16.2. The fourth-order valence-electron chi connectivity index (χ4n) is 1.54. The predicted molar refractivity (Wildman–Crippen MR) is 78.4 cm³/mol. The van der Waals surface area contributed by atoms with Gasteiger partial charge in [-0.05, 0) is 31.7 Å². The second kappa shape index (κ2) is 7.26. The fraction of sp³-hybridized carbons (Fsp3) is 0.538. The van der Waals surface area contributed by atoms with Crippen LogP contribution < -0.4 is 10.6 Å². The number of rotatable bonds is 6. The van der Waals surface area contributed by atoms with Crippen LogP contribution in [0.25, 0.3) is 0 Å². The van der Waals surface area contributed by atoms with Crippen molar-refractivity contribution in [1.29, 1.82) is 0 Å². The van der Waals surface area contributed by atoms with Crippen LogP contribution in [0.4, 0.5) is 5.82 Å². The van der Waals surface area contributed by atoms with Gasteiger partial charge in [0, 0.05) is 30.1 Å². The van der Waals surface area contributed by atoms with Crippen molar-refractivity contribution in [2.75, 3.05) is 25.2 Å². The number of aromatic nitrogens is 1. The van der Waals surface area contributed by atoms with Crippen LogP contribution in [0.1, 0.15) is 29.4 Å². The number of hydrogen-bond acceptors (Lipinski definition) is 4. The molecule has 5 heteroatoms. The van der Waals surface area contributed by atoms with E-state index in [1.807, 2.05) is 18.7 Å². The molecule has 0 aromatic carbocycles. The summed E-state index contributed by atoms with van der Waals surface area (Å²) in [6, 6.07) is 3.56. The first-order valence-corrected chi connectivity index (χ1v) is 7.33. The average Bonchev–Trinajstić information content (AvgIpc) is 2.37. The minimum Gasteiger partial charge on any atom is -0.373 e. The van der Waals surface area contributed by atoms with E-state index in [0.717, 1.165) is 17.9 Å². The van der Waals surface area contributed by atoms with E-state index in [2.05, 4.69) is 28.8 Å². The maximum absolute atomic E-state index is 12.0. The lowest BCUT2D eigenvalue weighted by atomic mass is 10.2. The molecule has 0 bridgehead atoms. The van der Waals surface area contributed by atoms with Crippen molar-refractivity contribution >= 4 is 23.5 Å². The van der Waals surface area contributed by atoms with Gasteiger partial charge in [0.2, 0.25) is 0 Å². The molecule has 0 aliphatic heterocycles. The van der Waals surface area contributed by atoms with Gasteiger partial charge in [0.05, 0.1) is 0 Å². The molecule has 4 nitrogen and oxygen atoms in total. The average molecular weight is 267 g/mol. The molecule has 1 aromatic heterocycles. The normalized spacial score (nSPS) is 12.0. The SMILES string of the molecule is CNc1cc(C(=O)NCCC(C)SC)cc(C)n1. The van der Waals surface area contributed by atoms with Gasteiger partial charge >= 0.3 is 0 Å². The number of pyridine rings is 1. The van der Waals surface area contributed by atoms with Crippen molar-refractivity contribution in [2.45, 2.75) is 25.5 Å². The first-order valence-electron chi connectivity index (χ1n) is 6.04. The van der Waals surface area contributed by atoms with Gasteiger partial charge in [0.25, 0.3) is 5.91 Å². The van der Waals surface area contributed by atoms with E-state index in [9.17, 15) is 4.79 Å². The Morgan fingerprint density at radius 1 is 1.50 bits per heavy atom. The number of hydrogen-bond donors (Lipinski definition) is 2. The number of aryl methyl sites for hydroxylation is 1. The van der Waals surface area contributed by atoms with Crippen LogP contribution in [0.2, 0.25) is 0 Å². The molecule has 0 fully saturated rings. The van der Waals surface area contributed by atoms with E-state index >= 15 is 0 Å². The maximum atomic E-state index is 12.0. The zero-order valence-electron chi connectivity index (χ0n) is 11.4. The molecule has 100 valence electrons. The summed E-state index contributed by atoms with van der Waals surface area (Å²) in [6.07, 6.45) is 3.06. The molecule has 1 rings (SSSR count). The Hall–Kier alpha value is -1.23. The van der Waals surface area contributed by atoms with Gasteiger partial charge in [-0.25, -0.2) is 4.98 Å². The van der Waals surface area contributed by atoms with Crippen molar-refractivity contribution in [3.8, 4) is 0 Å². The van der Waals surface area contributed by atoms with E-state index in [-0.39, 0.29) is 5.91 Å². The molecule has 1 unspecified atom stereocenters. The van der Waals surface area contributed by atoms with Crippen molar-refractivity contribution in [2.24, 2.45) is 0 Å². The molecule has 1 amide bonds. The molecule has 0 saturated heterocycles. The summed E-state index contributed by atoms with van der Waals surface area (Å²) < 4.78 is 0. The molecule has 0 spiro atoms. The number of nitrogens with one attached hydrogen (secondary N) is 2. The molecular weight excluding hydrogens is 246 g/mol. The minimum atomic E-state index is -0.0368. The second-order valence-corrected chi connectivity index (χ2v) is 5.50. The zero-order valence-corrected chi connectivity index (χ0v) is 12.2. The van der Waals surface area contributed by atoms with Crippen molar-refractivity contribution in [1.82, 2.24) is 10.3 Å². The third-order valence-electron chi connectivity index (χ3n) is 2.71. The molecule has 0 saturated carbocycles. The van der Waals surface area contributed by atoms with Crippen molar-refractivity contribution in [3.05, 3.63) is 23.4 Å². The largest absolute Gasteiger partial charge is 0.373 e. The van der Waals surface area contributed by atoms with Crippen molar-refractivity contribution < 1.29 is 4.79 Å².